The Morgan fingerprint density at radius 2 is 2.07 bits per heavy atom. The maximum atomic E-state index is 9.08. The Morgan fingerprint density at radius 1 is 1.33 bits per heavy atom. The van der Waals surface area contributed by atoms with Crippen molar-refractivity contribution in [1.29, 1.82) is 0 Å². The van der Waals surface area contributed by atoms with E-state index in [2.05, 4.69) is 0 Å². The highest BCUT2D eigenvalue weighted by Gasteiger charge is 2.09. The largest absolute Gasteiger partial charge is 0.490 e. The van der Waals surface area contributed by atoms with Gasteiger partial charge in [0.15, 0.2) is 0 Å². The zero-order valence-electron chi connectivity index (χ0n) is 8.06. The summed E-state index contributed by atoms with van der Waals surface area (Å²) in [6, 6.07) is 4.96. The summed E-state index contributed by atoms with van der Waals surface area (Å²) in [7, 11) is 0. The topological polar surface area (TPSA) is 69.9 Å². The second kappa shape index (κ2) is 5.92. The Morgan fingerprint density at radius 3 is 2.67 bits per heavy atom. The van der Waals surface area contributed by atoms with Gasteiger partial charge in [0.2, 0.25) is 0 Å². The van der Waals surface area contributed by atoms with E-state index in [1.54, 1.807) is 18.2 Å². The fourth-order valence-electron chi connectivity index (χ4n) is 1.07. The van der Waals surface area contributed by atoms with Crippen LogP contribution in [0.1, 0.15) is 5.56 Å². The molecule has 0 bridgehead atoms. The maximum Gasteiger partial charge on any atom is 0.126 e. The van der Waals surface area contributed by atoms with Crippen LogP contribution < -0.4 is 4.74 Å². The molecule has 1 unspecified atom stereocenters. The summed E-state index contributed by atoms with van der Waals surface area (Å²) >= 11 is 5.83. The van der Waals surface area contributed by atoms with Crippen molar-refractivity contribution < 1.29 is 20.1 Å². The molecule has 1 atom stereocenters. The summed E-state index contributed by atoms with van der Waals surface area (Å²) < 4.78 is 5.21. The van der Waals surface area contributed by atoms with Crippen molar-refractivity contribution in [2.45, 2.75) is 12.7 Å². The van der Waals surface area contributed by atoms with Gasteiger partial charge >= 0.3 is 0 Å². The third kappa shape index (κ3) is 3.35. The first-order valence-electron chi connectivity index (χ1n) is 4.49. The van der Waals surface area contributed by atoms with Crippen molar-refractivity contribution in [2.75, 3.05) is 13.2 Å². The summed E-state index contributed by atoms with van der Waals surface area (Å²) in [4.78, 5) is 0. The normalized spacial score (nSPS) is 12.5. The molecule has 0 aliphatic carbocycles. The molecule has 0 aliphatic rings. The van der Waals surface area contributed by atoms with Gasteiger partial charge in [-0.3, -0.25) is 0 Å². The lowest BCUT2D eigenvalue weighted by molar-refractivity contribution is 0.0529. The van der Waals surface area contributed by atoms with E-state index in [1.807, 2.05) is 0 Å². The fraction of sp³-hybridized carbons (Fsp3) is 0.400. The van der Waals surface area contributed by atoms with Crippen LogP contribution in [0.15, 0.2) is 18.2 Å². The van der Waals surface area contributed by atoms with Crippen molar-refractivity contribution >= 4 is 11.6 Å². The van der Waals surface area contributed by atoms with Crippen molar-refractivity contribution in [3.8, 4) is 5.75 Å². The highest BCUT2D eigenvalue weighted by molar-refractivity contribution is 6.31. The highest BCUT2D eigenvalue weighted by Crippen LogP contribution is 2.26. The molecule has 0 aliphatic heterocycles. The SMILES string of the molecule is OCc1c(Cl)cccc1OCC(O)CO. The van der Waals surface area contributed by atoms with Gasteiger partial charge in [0.05, 0.1) is 13.2 Å². The van der Waals surface area contributed by atoms with Gasteiger partial charge in [-0.2, -0.15) is 0 Å². The quantitative estimate of drug-likeness (QED) is 0.694. The Bertz CT molecular complexity index is 316. The van der Waals surface area contributed by atoms with Gasteiger partial charge in [0.1, 0.15) is 18.5 Å². The van der Waals surface area contributed by atoms with E-state index in [9.17, 15) is 0 Å². The average Bonchev–Trinajstić information content (AvgIpc) is 2.25. The Labute approximate surface area is 92.7 Å². The van der Waals surface area contributed by atoms with Gasteiger partial charge < -0.3 is 20.1 Å². The molecule has 0 fully saturated rings. The number of benzene rings is 1. The minimum atomic E-state index is -0.935. The van der Waals surface area contributed by atoms with Gasteiger partial charge in [-0.15, -0.1) is 0 Å². The van der Waals surface area contributed by atoms with E-state index in [0.717, 1.165) is 0 Å². The molecule has 1 aromatic carbocycles. The lowest BCUT2D eigenvalue weighted by atomic mass is 10.2. The standard InChI is InChI=1S/C10H13ClO4/c11-9-2-1-3-10(8(9)5-13)15-6-7(14)4-12/h1-3,7,12-14H,4-6H2. The van der Waals surface area contributed by atoms with Crippen LogP contribution in [-0.4, -0.2) is 34.6 Å². The van der Waals surface area contributed by atoms with E-state index >= 15 is 0 Å². The molecule has 84 valence electrons. The number of hydrogen-bond donors (Lipinski definition) is 3. The highest BCUT2D eigenvalue weighted by atomic mass is 35.5. The first-order valence-corrected chi connectivity index (χ1v) is 4.86. The van der Waals surface area contributed by atoms with Crippen LogP contribution in [0, 0.1) is 0 Å². The number of hydrogen-bond acceptors (Lipinski definition) is 4. The van der Waals surface area contributed by atoms with E-state index in [4.69, 9.17) is 31.7 Å². The number of aliphatic hydroxyl groups excluding tert-OH is 3. The molecule has 0 radical (unpaired) electrons. The number of halogens is 1. The van der Waals surface area contributed by atoms with Crippen LogP contribution >= 0.6 is 11.6 Å². The van der Waals surface area contributed by atoms with Crippen molar-refractivity contribution in [3.05, 3.63) is 28.8 Å². The van der Waals surface area contributed by atoms with Gasteiger partial charge in [-0.05, 0) is 12.1 Å². The molecule has 1 rings (SSSR count). The molecular formula is C10H13ClO4. The first-order chi connectivity index (χ1) is 7.19. The molecular weight excluding hydrogens is 220 g/mol. The van der Waals surface area contributed by atoms with Gasteiger partial charge in [0.25, 0.3) is 0 Å². The smallest absolute Gasteiger partial charge is 0.126 e. The second-order valence-electron chi connectivity index (χ2n) is 3.02. The average molecular weight is 233 g/mol. The van der Waals surface area contributed by atoms with Crippen LogP contribution in [0.25, 0.3) is 0 Å². The second-order valence-corrected chi connectivity index (χ2v) is 3.43. The van der Waals surface area contributed by atoms with Crippen LogP contribution in [0.5, 0.6) is 5.75 Å². The molecule has 0 amide bonds. The third-order valence-corrected chi connectivity index (χ3v) is 2.23. The predicted molar refractivity (Wildman–Crippen MR) is 56.0 cm³/mol. The van der Waals surface area contributed by atoms with E-state index < -0.39 is 6.10 Å². The van der Waals surface area contributed by atoms with E-state index in [-0.39, 0.29) is 19.8 Å². The van der Waals surface area contributed by atoms with Gasteiger partial charge in [-0.25, -0.2) is 0 Å². The molecule has 15 heavy (non-hydrogen) atoms. The molecule has 3 N–H and O–H groups in total. The summed E-state index contributed by atoms with van der Waals surface area (Å²) in [6.45, 7) is -0.636. The minimum Gasteiger partial charge on any atom is -0.490 e. The van der Waals surface area contributed by atoms with Crippen molar-refractivity contribution in [2.24, 2.45) is 0 Å². The lowest BCUT2D eigenvalue weighted by Gasteiger charge is -2.13. The Kier molecular flexibility index (Phi) is 4.84. The summed E-state index contributed by atoms with van der Waals surface area (Å²) in [6.07, 6.45) is -0.935. The molecule has 0 heterocycles. The molecule has 0 spiro atoms. The predicted octanol–water partition coefficient (Wildman–Crippen LogP) is 0.564. The molecule has 0 aromatic heterocycles. The Hall–Kier alpha value is -0.810. The lowest BCUT2D eigenvalue weighted by Crippen LogP contribution is -2.21. The fourth-order valence-corrected chi connectivity index (χ4v) is 1.29. The van der Waals surface area contributed by atoms with Crippen molar-refractivity contribution in [1.82, 2.24) is 0 Å². The number of ether oxygens (including phenoxy) is 1. The van der Waals surface area contributed by atoms with Crippen LogP contribution in [-0.2, 0) is 6.61 Å². The zero-order valence-corrected chi connectivity index (χ0v) is 8.81. The summed E-state index contributed by atoms with van der Waals surface area (Å²) in [5.41, 5.74) is 0.476. The van der Waals surface area contributed by atoms with Gasteiger partial charge in [0, 0.05) is 10.6 Å². The van der Waals surface area contributed by atoms with Crippen LogP contribution in [0.4, 0.5) is 0 Å². The van der Waals surface area contributed by atoms with E-state index in [0.29, 0.717) is 16.3 Å². The van der Waals surface area contributed by atoms with Crippen molar-refractivity contribution in [3.63, 3.8) is 0 Å². The van der Waals surface area contributed by atoms with E-state index in [1.165, 1.54) is 0 Å². The van der Waals surface area contributed by atoms with Crippen LogP contribution in [0.3, 0.4) is 0 Å². The third-order valence-electron chi connectivity index (χ3n) is 1.88. The number of aliphatic hydroxyl groups is 3. The first kappa shape index (κ1) is 12.3. The zero-order chi connectivity index (χ0) is 11.3. The molecule has 0 saturated heterocycles. The summed E-state index contributed by atoms with van der Waals surface area (Å²) in [5, 5.41) is 27.1. The van der Waals surface area contributed by atoms with Crippen LogP contribution in [0.2, 0.25) is 5.02 Å². The monoisotopic (exact) mass is 232 g/mol. The molecule has 0 saturated carbocycles. The molecule has 4 nitrogen and oxygen atoms in total. The molecule has 5 heteroatoms. The number of rotatable bonds is 5. The summed E-state index contributed by atoms with van der Waals surface area (Å²) in [5.74, 6) is 0.414. The maximum absolute atomic E-state index is 9.08. The Balaban J connectivity index is 2.72. The van der Waals surface area contributed by atoms with Gasteiger partial charge in [-0.1, -0.05) is 17.7 Å². The minimum absolute atomic E-state index is 0.0379. The molecule has 1 aromatic rings.